The number of likely N-dealkylation sites (N-methyl/N-ethyl adjacent to an activating group) is 1. The van der Waals surface area contributed by atoms with Crippen LogP contribution in [0.5, 0.6) is 0 Å². The van der Waals surface area contributed by atoms with Crippen molar-refractivity contribution in [1.29, 1.82) is 0 Å². The van der Waals surface area contributed by atoms with Gasteiger partial charge in [0.05, 0.1) is 18.0 Å². The average Bonchev–Trinajstić information content (AvgIpc) is 3.02. The molecule has 110 valence electrons. The molecular weight excluding hydrogens is 280 g/mol. The van der Waals surface area contributed by atoms with Crippen LogP contribution in [-0.2, 0) is 18.3 Å². The number of fused-ring (bicyclic) bond motifs is 2. The molecule has 1 aliphatic rings. The van der Waals surface area contributed by atoms with Crippen molar-refractivity contribution in [3.63, 3.8) is 0 Å². The maximum absolute atomic E-state index is 11.8. The standard InChI is InChI=1S/C15H14N6O/c1-20-12-4-3-10(5-9(12)6-13(20)22)19-14-11-7-18-21(2)15(11)17-8-16-14/h3-5,7-8H,6H2,1-2H3,(H,16,17,19). The minimum Gasteiger partial charge on any atom is -0.340 e. The van der Waals surface area contributed by atoms with Crippen LogP contribution in [0.15, 0.2) is 30.7 Å². The van der Waals surface area contributed by atoms with E-state index < -0.39 is 0 Å². The number of carbonyl (C=O) groups excluding carboxylic acids is 1. The Hall–Kier alpha value is -2.96. The first-order chi connectivity index (χ1) is 10.6. The average molecular weight is 294 g/mol. The van der Waals surface area contributed by atoms with Gasteiger partial charge in [-0.25, -0.2) is 9.97 Å². The van der Waals surface area contributed by atoms with Crippen LogP contribution in [0.4, 0.5) is 17.2 Å². The molecule has 7 nitrogen and oxygen atoms in total. The van der Waals surface area contributed by atoms with E-state index in [1.165, 1.54) is 6.33 Å². The molecule has 1 amide bonds. The van der Waals surface area contributed by atoms with E-state index in [0.717, 1.165) is 28.0 Å². The summed E-state index contributed by atoms with van der Waals surface area (Å²) < 4.78 is 1.71. The molecule has 22 heavy (non-hydrogen) atoms. The summed E-state index contributed by atoms with van der Waals surface area (Å²) in [5, 5.41) is 8.34. The van der Waals surface area contributed by atoms with Gasteiger partial charge < -0.3 is 10.2 Å². The molecule has 3 heterocycles. The van der Waals surface area contributed by atoms with E-state index in [1.54, 1.807) is 22.8 Å². The molecule has 4 rings (SSSR count). The third-order valence-corrected chi connectivity index (χ3v) is 3.95. The second kappa shape index (κ2) is 4.52. The summed E-state index contributed by atoms with van der Waals surface area (Å²) in [4.78, 5) is 21.9. The summed E-state index contributed by atoms with van der Waals surface area (Å²) in [7, 11) is 3.64. The van der Waals surface area contributed by atoms with Gasteiger partial charge >= 0.3 is 0 Å². The molecule has 0 fully saturated rings. The second-order valence-electron chi connectivity index (χ2n) is 5.33. The summed E-state index contributed by atoms with van der Waals surface area (Å²) in [5.74, 6) is 0.819. The van der Waals surface area contributed by atoms with Gasteiger partial charge in [-0.3, -0.25) is 9.48 Å². The van der Waals surface area contributed by atoms with E-state index >= 15 is 0 Å². The predicted octanol–water partition coefficient (Wildman–Crippen LogP) is 1.63. The zero-order valence-corrected chi connectivity index (χ0v) is 12.2. The Labute approximate surface area is 126 Å². The molecule has 2 aromatic heterocycles. The fourth-order valence-corrected chi connectivity index (χ4v) is 2.75. The molecule has 1 aliphatic heterocycles. The van der Waals surface area contributed by atoms with E-state index in [4.69, 9.17) is 0 Å². The molecule has 1 aromatic carbocycles. The molecule has 0 radical (unpaired) electrons. The van der Waals surface area contributed by atoms with Crippen LogP contribution in [-0.4, -0.2) is 32.7 Å². The van der Waals surface area contributed by atoms with Crippen LogP contribution in [0.1, 0.15) is 5.56 Å². The summed E-state index contributed by atoms with van der Waals surface area (Å²) in [6, 6.07) is 5.88. The van der Waals surface area contributed by atoms with Crippen LogP contribution in [0.3, 0.4) is 0 Å². The van der Waals surface area contributed by atoms with Crippen LogP contribution < -0.4 is 10.2 Å². The fourth-order valence-electron chi connectivity index (χ4n) is 2.75. The van der Waals surface area contributed by atoms with Crippen LogP contribution in [0, 0.1) is 0 Å². The highest BCUT2D eigenvalue weighted by Gasteiger charge is 2.23. The molecule has 3 aromatic rings. The van der Waals surface area contributed by atoms with Crippen molar-refractivity contribution in [1.82, 2.24) is 19.7 Å². The molecule has 0 atom stereocenters. The molecule has 1 N–H and O–H groups in total. The summed E-state index contributed by atoms with van der Waals surface area (Å²) in [6.07, 6.45) is 3.69. The highest BCUT2D eigenvalue weighted by Crippen LogP contribution is 2.31. The number of amides is 1. The minimum atomic E-state index is 0.115. The van der Waals surface area contributed by atoms with E-state index in [1.807, 2.05) is 25.2 Å². The third kappa shape index (κ3) is 1.82. The Bertz CT molecular complexity index is 900. The molecule has 0 aliphatic carbocycles. The first kappa shape index (κ1) is 12.8. The topological polar surface area (TPSA) is 75.9 Å². The Morgan fingerprint density at radius 3 is 2.95 bits per heavy atom. The van der Waals surface area contributed by atoms with E-state index in [9.17, 15) is 4.79 Å². The van der Waals surface area contributed by atoms with Crippen LogP contribution in [0.2, 0.25) is 0 Å². The highest BCUT2D eigenvalue weighted by molar-refractivity contribution is 6.01. The Morgan fingerprint density at radius 2 is 2.09 bits per heavy atom. The summed E-state index contributed by atoms with van der Waals surface area (Å²) in [6.45, 7) is 0. The lowest BCUT2D eigenvalue weighted by molar-refractivity contribution is -0.117. The summed E-state index contributed by atoms with van der Waals surface area (Å²) >= 11 is 0. The smallest absolute Gasteiger partial charge is 0.231 e. The summed E-state index contributed by atoms with van der Waals surface area (Å²) in [5.41, 5.74) is 3.65. The number of hydrogen-bond donors (Lipinski definition) is 1. The maximum Gasteiger partial charge on any atom is 0.231 e. The minimum absolute atomic E-state index is 0.115. The number of carbonyl (C=O) groups is 1. The number of aryl methyl sites for hydroxylation is 1. The molecule has 0 unspecified atom stereocenters. The molecule has 7 heteroatoms. The fraction of sp³-hybridized carbons (Fsp3) is 0.200. The van der Waals surface area contributed by atoms with Gasteiger partial charge in [0, 0.05) is 25.5 Å². The number of benzene rings is 1. The van der Waals surface area contributed by atoms with Gasteiger partial charge in [-0.2, -0.15) is 5.10 Å². The Kier molecular flexibility index (Phi) is 2.62. The molecule has 0 spiro atoms. The van der Waals surface area contributed by atoms with Crippen molar-refractivity contribution in [2.75, 3.05) is 17.3 Å². The number of nitrogens with zero attached hydrogens (tertiary/aromatic N) is 5. The van der Waals surface area contributed by atoms with E-state index in [2.05, 4.69) is 20.4 Å². The number of nitrogens with one attached hydrogen (secondary N) is 1. The lowest BCUT2D eigenvalue weighted by atomic mass is 10.1. The van der Waals surface area contributed by atoms with Gasteiger partial charge in [0.2, 0.25) is 5.91 Å². The Balaban J connectivity index is 1.72. The van der Waals surface area contributed by atoms with Crippen LogP contribution >= 0.6 is 0 Å². The number of anilines is 3. The van der Waals surface area contributed by atoms with Crippen molar-refractivity contribution in [2.45, 2.75) is 6.42 Å². The molecule has 0 saturated heterocycles. The zero-order valence-electron chi connectivity index (χ0n) is 12.2. The van der Waals surface area contributed by atoms with E-state index in [-0.39, 0.29) is 5.91 Å². The number of hydrogen-bond acceptors (Lipinski definition) is 5. The van der Waals surface area contributed by atoms with Gasteiger partial charge in [-0.1, -0.05) is 0 Å². The van der Waals surface area contributed by atoms with Gasteiger partial charge in [0.15, 0.2) is 5.65 Å². The van der Waals surface area contributed by atoms with Gasteiger partial charge in [0.1, 0.15) is 12.1 Å². The van der Waals surface area contributed by atoms with E-state index in [0.29, 0.717) is 12.2 Å². The quantitative estimate of drug-likeness (QED) is 0.777. The molecule has 0 saturated carbocycles. The van der Waals surface area contributed by atoms with Gasteiger partial charge in [-0.05, 0) is 23.8 Å². The van der Waals surface area contributed by atoms with Crippen LogP contribution in [0.25, 0.3) is 11.0 Å². The number of aromatic nitrogens is 4. The van der Waals surface area contributed by atoms with Crippen molar-refractivity contribution >= 4 is 34.1 Å². The van der Waals surface area contributed by atoms with Crippen molar-refractivity contribution in [3.8, 4) is 0 Å². The lowest BCUT2D eigenvalue weighted by Crippen LogP contribution is -2.20. The Morgan fingerprint density at radius 1 is 1.23 bits per heavy atom. The highest BCUT2D eigenvalue weighted by atomic mass is 16.2. The SMILES string of the molecule is CN1C(=O)Cc2cc(Nc3ncnc4c3cnn4C)ccc21. The van der Waals surface area contributed by atoms with Crippen molar-refractivity contribution in [2.24, 2.45) is 7.05 Å². The van der Waals surface area contributed by atoms with Gasteiger partial charge in [0.25, 0.3) is 0 Å². The largest absolute Gasteiger partial charge is 0.340 e. The predicted molar refractivity (Wildman–Crippen MR) is 83.1 cm³/mol. The molecule has 0 bridgehead atoms. The normalized spacial score (nSPS) is 13.7. The first-order valence-corrected chi connectivity index (χ1v) is 6.92. The third-order valence-electron chi connectivity index (χ3n) is 3.95. The zero-order chi connectivity index (χ0) is 15.3. The first-order valence-electron chi connectivity index (χ1n) is 6.92. The van der Waals surface area contributed by atoms with Crippen molar-refractivity contribution < 1.29 is 4.79 Å². The monoisotopic (exact) mass is 294 g/mol. The number of rotatable bonds is 2. The lowest BCUT2D eigenvalue weighted by Gasteiger charge is -2.11. The van der Waals surface area contributed by atoms with Gasteiger partial charge in [-0.15, -0.1) is 0 Å². The maximum atomic E-state index is 11.8. The van der Waals surface area contributed by atoms with Crippen molar-refractivity contribution in [3.05, 3.63) is 36.3 Å². The second-order valence-corrected chi connectivity index (χ2v) is 5.33. The molecular formula is C15H14N6O.